The molecule has 3 saturated heterocycles. The molecule has 19 nitrogen and oxygen atoms in total. The summed E-state index contributed by atoms with van der Waals surface area (Å²) >= 11 is 0. The van der Waals surface area contributed by atoms with Crippen LogP contribution < -0.4 is 28.7 Å². The Bertz CT molecular complexity index is 1310. The van der Waals surface area contributed by atoms with Crippen LogP contribution in [0.3, 0.4) is 0 Å². The maximum absolute atomic E-state index is 13.0. The van der Waals surface area contributed by atoms with Crippen LogP contribution in [0, 0.1) is 0 Å². The van der Waals surface area contributed by atoms with E-state index in [-0.39, 0.29) is 19.6 Å². The van der Waals surface area contributed by atoms with Gasteiger partial charge in [-0.15, -0.1) is 0 Å². The smallest absolute Gasteiger partial charge is 0.394 e. The monoisotopic (exact) mass is 773 g/mol. The Morgan fingerprint density at radius 3 is 1.74 bits per heavy atom. The molecule has 1 aromatic carbocycles. The summed E-state index contributed by atoms with van der Waals surface area (Å²) in [5.74, 6) is 0. The molecule has 1 saturated carbocycles. The van der Waals surface area contributed by atoms with Crippen molar-refractivity contribution < 1.29 is 82.1 Å². The second kappa shape index (κ2) is 17.6. The molecular weight excluding hydrogens is 723 g/mol. The lowest BCUT2D eigenvalue weighted by molar-refractivity contribution is -0.315. The number of rotatable bonds is 12. The first-order valence-electron chi connectivity index (χ1n) is 17.1. The van der Waals surface area contributed by atoms with Crippen molar-refractivity contribution in [1.82, 2.24) is 0 Å². The number of aliphatic hydroxyl groups excluding tert-OH is 7. The first kappa shape index (κ1) is 42.4. The van der Waals surface area contributed by atoms with Crippen molar-refractivity contribution in [2.45, 2.75) is 135 Å². The number of ether oxygens (including phenoxy) is 7. The first-order chi connectivity index (χ1) is 25.0. The molecule has 53 heavy (non-hydrogen) atoms. The number of benzene rings is 1. The molecular formula is C31H50F3N5O14. The predicted octanol–water partition coefficient (Wildman–Crippen LogP) is -5.62. The van der Waals surface area contributed by atoms with Gasteiger partial charge in [-0.2, -0.15) is 13.2 Å². The standard InChI is InChI=1S/C31H50F3N5O14/c32-31(33,34)11-3-1-10(2-4-11)9-47-25-15(7-40)49-29(18(39)22(25)45)51-24-13(37)5-12(36)19(42)27(24)53-30-23(46)26(16(8-41)50-30)52-28-17(38)21(44)20(43)14(6-35)48-28/h1-4,12-30,40-46H,5-9,35-39H2/t12-,13+,14+,15+,16+,17-,18+,19+,20-,21-,22+,23+,24-,25+,26+,27-,28-,29+,30-/m0/s1. The molecule has 1 aromatic rings. The summed E-state index contributed by atoms with van der Waals surface area (Å²) in [6.45, 7) is -1.86. The van der Waals surface area contributed by atoms with Gasteiger partial charge in [0.2, 0.25) is 0 Å². The molecule has 4 fully saturated rings. The summed E-state index contributed by atoms with van der Waals surface area (Å²) in [6.07, 6.45) is -25.6. The molecule has 3 heterocycles. The third-order valence-corrected chi connectivity index (χ3v) is 10.0. The summed E-state index contributed by atoms with van der Waals surface area (Å²) < 4.78 is 79.6. The van der Waals surface area contributed by atoms with Crippen LogP contribution in [0.5, 0.6) is 0 Å². The molecule has 4 aliphatic rings. The van der Waals surface area contributed by atoms with Gasteiger partial charge < -0.3 is 97.6 Å². The predicted molar refractivity (Wildman–Crippen MR) is 170 cm³/mol. The number of halogens is 3. The van der Waals surface area contributed by atoms with E-state index in [9.17, 15) is 48.9 Å². The summed E-state index contributed by atoms with van der Waals surface area (Å²) in [5, 5.41) is 74.2. The zero-order valence-electron chi connectivity index (χ0n) is 28.3. The lowest BCUT2D eigenvalue weighted by Crippen LogP contribution is -2.68. The van der Waals surface area contributed by atoms with Gasteiger partial charge in [0.15, 0.2) is 18.9 Å². The highest BCUT2D eigenvalue weighted by atomic mass is 19.4. The molecule has 0 unspecified atom stereocenters. The van der Waals surface area contributed by atoms with Crippen LogP contribution in [0.2, 0.25) is 0 Å². The number of nitrogens with two attached hydrogens (primary N) is 5. The van der Waals surface area contributed by atoms with E-state index in [1.54, 1.807) is 0 Å². The fraction of sp³-hybridized carbons (Fsp3) is 0.806. The first-order valence-corrected chi connectivity index (χ1v) is 17.1. The SMILES string of the molecule is NC[C@H]1O[C@@H](O[C@H]2[C@@H](O)[C@H](O[C@H]3[C@H](O)[C@@H](N)C[C@@H](N)[C@@H]3O[C@H]3O[C@H](CO)[C@@H](OCc4ccc(C(F)(F)F)cc4)[C@H](O)[C@H]3N)O[C@@H]2CO)[C@@H](N)[C@H](O)[C@H]1O. The highest BCUT2D eigenvalue weighted by Crippen LogP contribution is 2.35. The molecule has 17 N–H and O–H groups in total. The van der Waals surface area contributed by atoms with Crippen molar-refractivity contribution in [2.75, 3.05) is 19.8 Å². The minimum Gasteiger partial charge on any atom is -0.394 e. The molecule has 0 radical (unpaired) electrons. The van der Waals surface area contributed by atoms with Crippen LogP contribution in [0.15, 0.2) is 24.3 Å². The van der Waals surface area contributed by atoms with E-state index in [2.05, 4.69) is 0 Å². The molecule has 0 aromatic heterocycles. The minimum atomic E-state index is -4.53. The molecule has 19 atom stereocenters. The van der Waals surface area contributed by atoms with Gasteiger partial charge in [-0.1, -0.05) is 12.1 Å². The highest BCUT2D eigenvalue weighted by Gasteiger charge is 2.54. The molecule has 304 valence electrons. The lowest BCUT2D eigenvalue weighted by Gasteiger charge is -2.47. The van der Waals surface area contributed by atoms with Crippen LogP contribution in [-0.4, -0.2) is 172 Å². The molecule has 0 amide bonds. The Morgan fingerprint density at radius 2 is 1.15 bits per heavy atom. The maximum atomic E-state index is 13.0. The van der Waals surface area contributed by atoms with Crippen LogP contribution in [-0.2, 0) is 45.9 Å². The largest absolute Gasteiger partial charge is 0.416 e. The summed E-state index contributed by atoms with van der Waals surface area (Å²) in [4.78, 5) is 0. The van der Waals surface area contributed by atoms with E-state index in [0.717, 1.165) is 12.1 Å². The third kappa shape index (κ3) is 9.12. The number of alkyl halides is 3. The summed E-state index contributed by atoms with van der Waals surface area (Å²) in [7, 11) is 0. The van der Waals surface area contributed by atoms with Gasteiger partial charge in [0.05, 0.1) is 43.6 Å². The van der Waals surface area contributed by atoms with Crippen molar-refractivity contribution in [1.29, 1.82) is 0 Å². The van der Waals surface area contributed by atoms with Gasteiger partial charge >= 0.3 is 6.18 Å². The minimum absolute atomic E-state index is 0.00493. The van der Waals surface area contributed by atoms with Crippen LogP contribution in [0.4, 0.5) is 13.2 Å². The van der Waals surface area contributed by atoms with E-state index < -0.39 is 141 Å². The molecule has 5 rings (SSSR count). The zero-order chi connectivity index (χ0) is 38.9. The van der Waals surface area contributed by atoms with Gasteiger partial charge in [-0.25, -0.2) is 0 Å². The van der Waals surface area contributed by atoms with Gasteiger partial charge in [0, 0.05) is 18.6 Å². The molecule has 0 bridgehead atoms. The van der Waals surface area contributed by atoms with Crippen molar-refractivity contribution in [2.24, 2.45) is 28.7 Å². The Kier molecular flexibility index (Phi) is 14.1. The molecule has 3 aliphatic heterocycles. The van der Waals surface area contributed by atoms with Crippen molar-refractivity contribution in [3.05, 3.63) is 35.4 Å². The number of hydrogen-bond acceptors (Lipinski definition) is 19. The average molecular weight is 774 g/mol. The van der Waals surface area contributed by atoms with Gasteiger partial charge in [-0.05, 0) is 24.1 Å². The fourth-order valence-corrected chi connectivity index (χ4v) is 6.87. The van der Waals surface area contributed by atoms with Crippen LogP contribution in [0.1, 0.15) is 17.5 Å². The summed E-state index contributed by atoms with van der Waals surface area (Å²) in [5.41, 5.74) is 29.9. The zero-order valence-corrected chi connectivity index (χ0v) is 28.3. The van der Waals surface area contributed by atoms with Crippen LogP contribution in [0.25, 0.3) is 0 Å². The van der Waals surface area contributed by atoms with Crippen LogP contribution >= 0.6 is 0 Å². The average Bonchev–Trinajstić information content (AvgIpc) is 3.42. The molecule has 22 heteroatoms. The molecule has 1 aliphatic carbocycles. The van der Waals surface area contributed by atoms with Gasteiger partial charge in [0.1, 0.15) is 67.1 Å². The lowest BCUT2D eigenvalue weighted by atomic mass is 9.84. The normalized spacial score (nSPS) is 45.4. The van der Waals surface area contributed by atoms with Gasteiger partial charge in [0.25, 0.3) is 0 Å². The number of hydrogen-bond donors (Lipinski definition) is 12. The van der Waals surface area contributed by atoms with E-state index >= 15 is 0 Å². The van der Waals surface area contributed by atoms with E-state index in [1.807, 2.05) is 0 Å². The van der Waals surface area contributed by atoms with Crippen molar-refractivity contribution >= 4 is 0 Å². The Balaban J connectivity index is 1.26. The summed E-state index contributed by atoms with van der Waals surface area (Å²) in [6, 6.07) is -0.405. The Hall–Kier alpha value is -1.75. The fourth-order valence-electron chi connectivity index (χ4n) is 6.87. The highest BCUT2D eigenvalue weighted by molar-refractivity contribution is 5.24. The van der Waals surface area contributed by atoms with Crippen molar-refractivity contribution in [3.8, 4) is 0 Å². The Labute approximate surface area is 301 Å². The molecule has 0 spiro atoms. The third-order valence-electron chi connectivity index (χ3n) is 10.0. The van der Waals surface area contributed by atoms with Crippen molar-refractivity contribution in [3.63, 3.8) is 0 Å². The van der Waals surface area contributed by atoms with E-state index in [0.29, 0.717) is 5.56 Å². The second-order valence-electron chi connectivity index (χ2n) is 13.7. The quantitative estimate of drug-likeness (QED) is 0.0942. The Morgan fingerprint density at radius 1 is 0.623 bits per heavy atom. The topological polar surface area (TPSA) is 336 Å². The second-order valence-corrected chi connectivity index (χ2v) is 13.7. The number of aliphatic hydroxyl groups is 7. The van der Waals surface area contributed by atoms with Gasteiger partial charge in [-0.3, -0.25) is 0 Å². The van der Waals surface area contributed by atoms with E-state index in [4.69, 9.17) is 61.8 Å². The maximum Gasteiger partial charge on any atom is 0.416 e. The van der Waals surface area contributed by atoms with E-state index in [1.165, 1.54) is 12.1 Å².